The van der Waals surface area contributed by atoms with Gasteiger partial charge in [-0.3, -0.25) is 9.13 Å². The molecule has 18 heavy (non-hydrogen) atoms. The molecule has 0 aromatic heterocycles. The first-order chi connectivity index (χ1) is 8.40. The molecule has 0 aliphatic heterocycles. The summed E-state index contributed by atoms with van der Waals surface area (Å²) in [6, 6.07) is 0. The Kier molecular flexibility index (Phi) is 8.98. The zero-order chi connectivity index (χ0) is 14.2. The third-order valence-corrected chi connectivity index (χ3v) is 7.66. The van der Waals surface area contributed by atoms with Crippen molar-refractivity contribution in [2.24, 2.45) is 0 Å². The van der Waals surface area contributed by atoms with Gasteiger partial charge >= 0.3 is 0 Å². The highest BCUT2D eigenvalue weighted by atomic mass is 35.5. The molecule has 0 saturated carbocycles. The third kappa shape index (κ3) is 4.93. The molecule has 0 aromatic rings. The molecule has 0 fully saturated rings. The van der Waals surface area contributed by atoms with Crippen molar-refractivity contribution in [3.05, 3.63) is 4.86 Å². The molecular weight excluding hydrogens is 301 g/mol. The van der Waals surface area contributed by atoms with Gasteiger partial charge in [0.25, 0.3) is 0 Å². The summed E-state index contributed by atoms with van der Waals surface area (Å²) < 4.78 is 44.7. The Morgan fingerprint density at radius 3 is 1.17 bits per heavy atom. The second-order valence-electron chi connectivity index (χ2n) is 2.94. The average Bonchev–Trinajstić information content (AvgIpc) is 2.29. The van der Waals surface area contributed by atoms with Gasteiger partial charge in [0.2, 0.25) is 15.2 Å². The van der Waals surface area contributed by atoms with Gasteiger partial charge in [0.1, 0.15) is 0 Å². The van der Waals surface area contributed by atoms with Crippen LogP contribution in [0.2, 0.25) is 0 Å². The second-order valence-corrected chi connectivity index (χ2v) is 8.11. The molecule has 0 aromatic carbocycles. The van der Waals surface area contributed by atoms with Crippen LogP contribution in [-0.4, -0.2) is 26.4 Å². The molecular formula is C9H20ClO6P2-. The Morgan fingerprint density at radius 1 is 0.778 bits per heavy atom. The lowest BCUT2D eigenvalue weighted by Gasteiger charge is -2.37. The fraction of sp³-hybridized carbons (Fsp3) is 0.889. The zero-order valence-electron chi connectivity index (χ0n) is 11.1. The first-order valence-corrected chi connectivity index (χ1v) is 9.18. The lowest BCUT2D eigenvalue weighted by molar-refractivity contribution is 0.211. The minimum atomic E-state index is -3.82. The summed E-state index contributed by atoms with van der Waals surface area (Å²) in [6.07, 6.45) is 0. The van der Waals surface area contributed by atoms with E-state index in [2.05, 4.69) is 0 Å². The standard InChI is InChI=1S/C9H20ClO6P2/c1-5-13-17(11,14-6-2)9(10)18(12,15-7-3)16-8-4/h5-8H2,1-4H3/q-1. The van der Waals surface area contributed by atoms with Gasteiger partial charge in [0.15, 0.2) is 0 Å². The highest BCUT2D eigenvalue weighted by Gasteiger charge is 2.36. The predicted octanol–water partition coefficient (Wildman–Crippen LogP) is 4.20. The van der Waals surface area contributed by atoms with E-state index in [1.54, 1.807) is 27.7 Å². The van der Waals surface area contributed by atoms with Crippen LogP contribution in [0, 0.1) is 4.86 Å². The number of hydrogen-bond donors (Lipinski definition) is 0. The van der Waals surface area contributed by atoms with E-state index in [0.717, 1.165) is 0 Å². The van der Waals surface area contributed by atoms with Crippen molar-refractivity contribution in [3.63, 3.8) is 0 Å². The third-order valence-electron chi connectivity index (χ3n) is 1.65. The molecule has 0 radical (unpaired) electrons. The molecule has 0 unspecified atom stereocenters. The van der Waals surface area contributed by atoms with Crippen LogP contribution >= 0.6 is 26.8 Å². The minimum absolute atomic E-state index is 0.103. The van der Waals surface area contributed by atoms with Crippen LogP contribution in [0.15, 0.2) is 0 Å². The van der Waals surface area contributed by atoms with E-state index in [1.807, 2.05) is 0 Å². The van der Waals surface area contributed by atoms with Crippen molar-refractivity contribution >= 4 is 26.8 Å². The molecule has 0 spiro atoms. The van der Waals surface area contributed by atoms with Gasteiger partial charge in [-0.2, -0.15) is 0 Å². The van der Waals surface area contributed by atoms with Crippen LogP contribution in [0.5, 0.6) is 0 Å². The fourth-order valence-electron chi connectivity index (χ4n) is 1.12. The molecule has 0 N–H and O–H groups in total. The maximum atomic E-state index is 12.4. The van der Waals surface area contributed by atoms with E-state index >= 15 is 0 Å². The minimum Gasteiger partial charge on any atom is -0.330 e. The van der Waals surface area contributed by atoms with Gasteiger partial charge in [0, 0.05) is 4.86 Å². The molecule has 9 heteroatoms. The van der Waals surface area contributed by atoms with E-state index in [1.165, 1.54) is 0 Å². The Hall–Kier alpha value is 0.590. The summed E-state index contributed by atoms with van der Waals surface area (Å²) in [4.78, 5) is -0.526. The van der Waals surface area contributed by atoms with Crippen LogP contribution in [0.1, 0.15) is 27.7 Å². The summed E-state index contributed by atoms with van der Waals surface area (Å²) in [5, 5.41) is 0. The summed E-state index contributed by atoms with van der Waals surface area (Å²) in [6.45, 7) is 6.92. The topological polar surface area (TPSA) is 71.1 Å². The van der Waals surface area contributed by atoms with E-state index in [0.29, 0.717) is 0 Å². The van der Waals surface area contributed by atoms with Crippen LogP contribution in [0.3, 0.4) is 0 Å². The van der Waals surface area contributed by atoms with Gasteiger partial charge in [-0.1, -0.05) is 0 Å². The fourth-order valence-corrected chi connectivity index (χ4v) is 5.53. The van der Waals surface area contributed by atoms with Crippen molar-refractivity contribution in [3.8, 4) is 0 Å². The molecule has 0 heterocycles. The molecule has 110 valence electrons. The monoisotopic (exact) mass is 321 g/mol. The zero-order valence-corrected chi connectivity index (χ0v) is 13.6. The highest BCUT2D eigenvalue weighted by Crippen LogP contribution is 2.77. The van der Waals surface area contributed by atoms with Gasteiger partial charge in [0.05, 0.1) is 26.4 Å². The molecule has 0 atom stereocenters. The molecule has 0 aliphatic carbocycles. The molecule has 0 amide bonds. The van der Waals surface area contributed by atoms with Crippen molar-refractivity contribution in [2.75, 3.05) is 26.4 Å². The Labute approximate surface area is 113 Å². The van der Waals surface area contributed by atoms with Crippen molar-refractivity contribution in [2.45, 2.75) is 27.7 Å². The normalized spacial score (nSPS) is 13.2. The van der Waals surface area contributed by atoms with Crippen LogP contribution in [0.25, 0.3) is 0 Å². The van der Waals surface area contributed by atoms with Gasteiger partial charge in [-0.15, -0.1) is 0 Å². The van der Waals surface area contributed by atoms with E-state index in [4.69, 9.17) is 29.7 Å². The van der Waals surface area contributed by atoms with Gasteiger partial charge in [-0.25, -0.2) is 0 Å². The van der Waals surface area contributed by atoms with Gasteiger partial charge < -0.3 is 29.7 Å². The lowest BCUT2D eigenvalue weighted by atomic mass is 10.9. The average molecular weight is 322 g/mol. The van der Waals surface area contributed by atoms with Gasteiger partial charge in [-0.05, 0) is 27.7 Å². The van der Waals surface area contributed by atoms with Crippen LogP contribution < -0.4 is 0 Å². The Balaban J connectivity index is 5.18. The number of hydrogen-bond acceptors (Lipinski definition) is 6. The SMILES string of the molecule is CCOP(=O)(OCC)[C-](Cl)P(=O)(OCC)OCC. The molecule has 6 nitrogen and oxygen atoms in total. The molecule has 0 aliphatic rings. The first kappa shape index (κ1) is 18.6. The van der Waals surface area contributed by atoms with E-state index < -0.39 is 20.1 Å². The Bertz CT molecular complexity index is 274. The van der Waals surface area contributed by atoms with Crippen molar-refractivity contribution < 1.29 is 27.2 Å². The van der Waals surface area contributed by atoms with Crippen molar-refractivity contribution in [1.82, 2.24) is 0 Å². The van der Waals surface area contributed by atoms with E-state index in [9.17, 15) is 9.13 Å². The lowest BCUT2D eigenvalue weighted by Crippen LogP contribution is -2.07. The molecule has 0 bridgehead atoms. The van der Waals surface area contributed by atoms with E-state index in [-0.39, 0.29) is 26.4 Å². The number of rotatable bonds is 10. The summed E-state index contributed by atoms with van der Waals surface area (Å²) >= 11 is 5.90. The quantitative estimate of drug-likeness (QED) is 0.443. The van der Waals surface area contributed by atoms with Crippen LogP contribution in [0.4, 0.5) is 0 Å². The largest absolute Gasteiger partial charge is 0.330 e. The maximum Gasteiger partial charge on any atom is 0.215 e. The van der Waals surface area contributed by atoms with Crippen LogP contribution in [-0.2, 0) is 27.2 Å². The number of halogens is 1. The summed E-state index contributed by atoms with van der Waals surface area (Å²) in [7, 11) is -7.64. The van der Waals surface area contributed by atoms with Crippen molar-refractivity contribution in [1.29, 1.82) is 0 Å². The second kappa shape index (κ2) is 8.70. The molecule has 0 rings (SSSR count). The Morgan fingerprint density at radius 2 is 1.00 bits per heavy atom. The maximum absolute atomic E-state index is 12.4. The molecule has 0 saturated heterocycles. The summed E-state index contributed by atoms with van der Waals surface area (Å²) in [5.74, 6) is 0. The highest BCUT2D eigenvalue weighted by molar-refractivity contribution is 7.80. The first-order valence-electron chi connectivity index (χ1n) is 5.71. The smallest absolute Gasteiger partial charge is 0.215 e. The predicted molar refractivity (Wildman–Crippen MR) is 70.8 cm³/mol. The summed E-state index contributed by atoms with van der Waals surface area (Å²) in [5.41, 5.74) is 0.